The van der Waals surface area contributed by atoms with Crippen LogP contribution in [0.1, 0.15) is 42.6 Å². The Morgan fingerprint density at radius 2 is 1.76 bits per heavy atom. The molecule has 2 atom stereocenters. The van der Waals surface area contributed by atoms with Crippen LogP contribution in [-0.4, -0.2) is 47.0 Å². The van der Waals surface area contributed by atoms with Crippen molar-refractivity contribution in [2.45, 2.75) is 38.1 Å². The molecule has 3 aromatic carbocycles. The molecule has 1 unspecified atom stereocenters. The van der Waals surface area contributed by atoms with Crippen molar-refractivity contribution in [2.75, 3.05) is 19.7 Å². The predicted octanol–water partition coefficient (Wildman–Crippen LogP) is 6.57. The molecule has 5 rings (SSSR count). The number of halogens is 3. The van der Waals surface area contributed by atoms with E-state index in [0.717, 1.165) is 27.8 Å². The second kappa shape index (κ2) is 10.0. The van der Waals surface area contributed by atoms with Crippen molar-refractivity contribution in [1.82, 2.24) is 4.90 Å². The molecule has 1 saturated heterocycles. The molecule has 0 saturated carbocycles. The van der Waals surface area contributed by atoms with Crippen LogP contribution in [0.4, 0.5) is 13.2 Å². The van der Waals surface area contributed by atoms with Crippen LogP contribution in [0.15, 0.2) is 66.7 Å². The number of hydrogen-bond acceptors (Lipinski definition) is 5. The van der Waals surface area contributed by atoms with Crippen LogP contribution in [0.2, 0.25) is 0 Å². The average molecular weight is 512 g/mol. The van der Waals surface area contributed by atoms with Crippen LogP contribution in [0.3, 0.4) is 0 Å². The third kappa shape index (κ3) is 5.25. The van der Waals surface area contributed by atoms with Gasteiger partial charge in [-0.1, -0.05) is 24.3 Å². The SMILES string of the molecule is CC1=C(c2cccc(O)c2)C(c2ccc(OCCN3CCC[C@H]3C(F)(F)F)cc2)Oc2ccc(O)cc21. The van der Waals surface area contributed by atoms with E-state index in [1.165, 1.54) is 4.90 Å². The number of ether oxygens (including phenoxy) is 2. The lowest BCUT2D eigenvalue weighted by molar-refractivity contribution is -0.176. The monoisotopic (exact) mass is 511 g/mol. The summed E-state index contributed by atoms with van der Waals surface area (Å²) in [6.45, 7) is 2.76. The summed E-state index contributed by atoms with van der Waals surface area (Å²) in [4.78, 5) is 1.44. The highest BCUT2D eigenvalue weighted by Crippen LogP contribution is 2.47. The first-order chi connectivity index (χ1) is 17.7. The molecular formula is C29H28F3NO4. The number of phenolic OH excluding ortho intramolecular Hbond substituents is 2. The van der Waals surface area contributed by atoms with E-state index < -0.39 is 18.3 Å². The van der Waals surface area contributed by atoms with Gasteiger partial charge in [-0.05, 0) is 85.5 Å². The van der Waals surface area contributed by atoms with E-state index in [0.29, 0.717) is 24.5 Å². The molecule has 0 bridgehead atoms. The van der Waals surface area contributed by atoms with Crippen molar-refractivity contribution in [3.8, 4) is 23.0 Å². The van der Waals surface area contributed by atoms with Crippen LogP contribution >= 0.6 is 0 Å². The van der Waals surface area contributed by atoms with Crippen LogP contribution in [0.25, 0.3) is 11.1 Å². The molecule has 194 valence electrons. The Hall–Kier alpha value is -3.65. The number of benzene rings is 3. The van der Waals surface area contributed by atoms with Gasteiger partial charge in [-0.3, -0.25) is 4.90 Å². The maximum atomic E-state index is 13.2. The van der Waals surface area contributed by atoms with Gasteiger partial charge in [0.25, 0.3) is 0 Å². The van der Waals surface area contributed by atoms with Gasteiger partial charge in [-0.2, -0.15) is 13.2 Å². The number of fused-ring (bicyclic) bond motifs is 1. The topological polar surface area (TPSA) is 62.2 Å². The highest BCUT2D eigenvalue weighted by molar-refractivity contribution is 5.95. The Bertz CT molecular complexity index is 1300. The highest BCUT2D eigenvalue weighted by atomic mass is 19.4. The lowest BCUT2D eigenvalue weighted by Crippen LogP contribution is -2.42. The molecule has 0 aliphatic carbocycles. The normalized spacial score (nSPS) is 20.0. The summed E-state index contributed by atoms with van der Waals surface area (Å²) >= 11 is 0. The number of alkyl halides is 3. The fraction of sp³-hybridized carbons (Fsp3) is 0.310. The van der Waals surface area contributed by atoms with Crippen LogP contribution < -0.4 is 9.47 Å². The first kappa shape index (κ1) is 25.0. The highest BCUT2D eigenvalue weighted by Gasteiger charge is 2.45. The van der Waals surface area contributed by atoms with Gasteiger partial charge < -0.3 is 19.7 Å². The maximum absolute atomic E-state index is 13.2. The zero-order chi connectivity index (χ0) is 26.2. The lowest BCUT2D eigenvalue weighted by atomic mass is 9.86. The Labute approximate surface area is 213 Å². The minimum atomic E-state index is -4.21. The van der Waals surface area contributed by atoms with Crippen molar-refractivity contribution in [1.29, 1.82) is 0 Å². The molecule has 37 heavy (non-hydrogen) atoms. The smallest absolute Gasteiger partial charge is 0.404 e. The van der Waals surface area contributed by atoms with E-state index >= 15 is 0 Å². The Balaban J connectivity index is 1.36. The largest absolute Gasteiger partial charge is 0.508 e. The molecule has 2 N–H and O–H groups in total. The van der Waals surface area contributed by atoms with E-state index in [1.54, 1.807) is 48.5 Å². The summed E-state index contributed by atoms with van der Waals surface area (Å²) in [5.74, 6) is 1.46. The first-order valence-electron chi connectivity index (χ1n) is 12.2. The van der Waals surface area contributed by atoms with Crippen LogP contribution in [-0.2, 0) is 0 Å². The number of phenols is 2. The Kier molecular flexibility index (Phi) is 6.77. The van der Waals surface area contributed by atoms with Gasteiger partial charge in [0.1, 0.15) is 41.8 Å². The van der Waals surface area contributed by atoms with Gasteiger partial charge >= 0.3 is 6.18 Å². The second-order valence-electron chi connectivity index (χ2n) is 9.42. The number of rotatable bonds is 6. The predicted molar refractivity (Wildman–Crippen MR) is 135 cm³/mol. The molecule has 8 heteroatoms. The lowest BCUT2D eigenvalue weighted by Gasteiger charge is -2.31. The molecule has 2 heterocycles. The zero-order valence-electron chi connectivity index (χ0n) is 20.3. The van der Waals surface area contributed by atoms with Gasteiger partial charge in [-0.25, -0.2) is 0 Å². The first-order valence-corrected chi connectivity index (χ1v) is 12.2. The third-order valence-corrected chi connectivity index (χ3v) is 7.01. The molecule has 2 aliphatic heterocycles. The fourth-order valence-corrected chi connectivity index (χ4v) is 5.20. The Morgan fingerprint density at radius 3 is 2.49 bits per heavy atom. The van der Waals surface area contributed by atoms with Crippen molar-refractivity contribution in [3.63, 3.8) is 0 Å². The summed E-state index contributed by atoms with van der Waals surface area (Å²) in [7, 11) is 0. The van der Waals surface area contributed by atoms with E-state index in [1.807, 2.05) is 25.1 Å². The van der Waals surface area contributed by atoms with Crippen molar-refractivity contribution < 1.29 is 32.9 Å². The number of allylic oxidation sites excluding steroid dienone is 1. The van der Waals surface area contributed by atoms with E-state index in [2.05, 4.69) is 0 Å². The van der Waals surface area contributed by atoms with Crippen molar-refractivity contribution in [3.05, 3.63) is 83.4 Å². The molecule has 0 amide bonds. The summed E-state index contributed by atoms with van der Waals surface area (Å²) in [5, 5.41) is 20.1. The summed E-state index contributed by atoms with van der Waals surface area (Å²) in [6.07, 6.45) is -4.02. The van der Waals surface area contributed by atoms with E-state index in [-0.39, 0.29) is 31.1 Å². The third-order valence-electron chi connectivity index (χ3n) is 7.01. The number of hydrogen-bond donors (Lipinski definition) is 2. The van der Waals surface area contributed by atoms with Gasteiger partial charge in [0.05, 0.1) is 0 Å². The molecule has 3 aromatic rings. The maximum Gasteiger partial charge on any atom is 0.404 e. The van der Waals surface area contributed by atoms with E-state index in [9.17, 15) is 23.4 Å². The van der Waals surface area contributed by atoms with Crippen LogP contribution in [0.5, 0.6) is 23.0 Å². The molecule has 0 spiro atoms. The van der Waals surface area contributed by atoms with Gasteiger partial charge in [0, 0.05) is 17.7 Å². The Morgan fingerprint density at radius 1 is 1.00 bits per heavy atom. The fourth-order valence-electron chi connectivity index (χ4n) is 5.20. The van der Waals surface area contributed by atoms with Gasteiger partial charge in [-0.15, -0.1) is 0 Å². The molecule has 1 fully saturated rings. The van der Waals surface area contributed by atoms with Crippen molar-refractivity contribution in [2.24, 2.45) is 0 Å². The quantitative estimate of drug-likeness (QED) is 0.392. The minimum Gasteiger partial charge on any atom is -0.508 e. The molecular weight excluding hydrogens is 483 g/mol. The molecule has 0 radical (unpaired) electrons. The van der Waals surface area contributed by atoms with Gasteiger partial charge in [0.2, 0.25) is 0 Å². The second-order valence-corrected chi connectivity index (χ2v) is 9.42. The molecule has 0 aromatic heterocycles. The number of aromatic hydroxyl groups is 2. The molecule has 5 nitrogen and oxygen atoms in total. The van der Waals surface area contributed by atoms with Crippen LogP contribution in [0, 0.1) is 0 Å². The summed E-state index contributed by atoms with van der Waals surface area (Å²) < 4.78 is 51.7. The number of nitrogens with zero attached hydrogens (tertiary/aromatic N) is 1. The summed E-state index contributed by atoms with van der Waals surface area (Å²) in [5.41, 5.74) is 4.18. The number of likely N-dealkylation sites (tertiary alicyclic amines) is 1. The van der Waals surface area contributed by atoms with E-state index in [4.69, 9.17) is 9.47 Å². The summed E-state index contributed by atoms with van der Waals surface area (Å²) in [6, 6.07) is 17.8. The van der Waals surface area contributed by atoms with Gasteiger partial charge in [0.15, 0.2) is 0 Å². The minimum absolute atomic E-state index is 0.132. The average Bonchev–Trinajstić information content (AvgIpc) is 3.34. The standard InChI is InChI=1S/C29H28F3NO4/c1-18-24-17-22(35)9-12-25(24)37-28(27(18)20-4-2-5-21(34)16-20)19-7-10-23(11-8-19)36-15-14-33-13-3-6-26(33)29(30,31)32/h2,4-5,7-12,16-17,26,28,34-35H,3,6,13-15H2,1H3/t26-,28?/m0/s1. The zero-order valence-corrected chi connectivity index (χ0v) is 20.3. The molecule has 2 aliphatic rings. The van der Waals surface area contributed by atoms with Crippen molar-refractivity contribution >= 4 is 11.1 Å².